The normalized spacial score (nSPS) is 19.7. The summed E-state index contributed by atoms with van der Waals surface area (Å²) < 4.78 is 7.00. The van der Waals surface area contributed by atoms with E-state index in [9.17, 15) is 9.59 Å². The Kier molecular flexibility index (Phi) is 6.11. The number of likely N-dealkylation sites (tertiary alicyclic amines) is 1. The minimum atomic E-state index is -0.530. The Balaban J connectivity index is 1.71. The number of hydrogen-bond donors (Lipinski definition) is 0. The average Bonchev–Trinajstić information content (AvgIpc) is 3.11. The van der Waals surface area contributed by atoms with Crippen LogP contribution in [0.3, 0.4) is 0 Å². The number of piperidine rings is 1. The first-order chi connectivity index (χ1) is 13.4. The van der Waals surface area contributed by atoms with Crippen molar-refractivity contribution in [2.45, 2.75) is 40.0 Å². The molecule has 2 aromatic heterocycles. The van der Waals surface area contributed by atoms with E-state index in [-0.39, 0.29) is 18.4 Å². The highest BCUT2D eigenvalue weighted by Crippen LogP contribution is 2.24. The van der Waals surface area contributed by atoms with Gasteiger partial charge in [-0.2, -0.15) is 5.10 Å². The van der Waals surface area contributed by atoms with Crippen LogP contribution in [0, 0.1) is 11.8 Å². The maximum Gasteiger partial charge on any atom is 0.342 e. The molecule has 2 unspecified atom stereocenters. The summed E-state index contributed by atoms with van der Waals surface area (Å²) in [5.41, 5.74) is 1.09. The van der Waals surface area contributed by atoms with Gasteiger partial charge in [0.25, 0.3) is 5.91 Å². The van der Waals surface area contributed by atoms with Crippen molar-refractivity contribution in [3.05, 3.63) is 41.9 Å². The van der Waals surface area contributed by atoms with Crippen LogP contribution in [-0.4, -0.2) is 51.2 Å². The number of aromatic nitrogens is 3. The summed E-state index contributed by atoms with van der Waals surface area (Å²) in [6, 6.07) is 5.52. The van der Waals surface area contributed by atoms with Crippen molar-refractivity contribution in [3.63, 3.8) is 0 Å². The third kappa shape index (κ3) is 4.40. The highest BCUT2D eigenvalue weighted by molar-refractivity contribution is 5.92. The summed E-state index contributed by atoms with van der Waals surface area (Å²) >= 11 is 0. The molecule has 0 aliphatic carbocycles. The molecule has 0 spiro atoms. The van der Waals surface area contributed by atoms with Crippen LogP contribution in [0.4, 0.5) is 0 Å². The summed E-state index contributed by atoms with van der Waals surface area (Å²) in [6.45, 7) is 9.44. The summed E-state index contributed by atoms with van der Waals surface area (Å²) in [4.78, 5) is 31.3. The molecule has 0 N–H and O–H groups in total. The molecule has 3 rings (SSSR count). The minimum absolute atomic E-state index is 0.0338. The zero-order valence-corrected chi connectivity index (χ0v) is 17.0. The lowest BCUT2D eigenvalue weighted by molar-refractivity contribution is -0.137. The Bertz CT molecular complexity index is 821. The number of pyridine rings is 1. The van der Waals surface area contributed by atoms with Crippen LogP contribution in [0.5, 0.6) is 0 Å². The van der Waals surface area contributed by atoms with E-state index in [4.69, 9.17) is 4.74 Å². The summed E-state index contributed by atoms with van der Waals surface area (Å²) in [7, 11) is 0. The number of carbonyl (C=O) groups is 2. The smallest absolute Gasteiger partial charge is 0.342 e. The van der Waals surface area contributed by atoms with Crippen LogP contribution in [0.25, 0.3) is 5.82 Å². The zero-order valence-electron chi connectivity index (χ0n) is 17.0. The van der Waals surface area contributed by atoms with E-state index < -0.39 is 5.97 Å². The molecule has 0 aromatic carbocycles. The molecule has 0 radical (unpaired) electrons. The van der Waals surface area contributed by atoms with Gasteiger partial charge in [-0.1, -0.05) is 33.8 Å². The third-order valence-electron chi connectivity index (χ3n) is 4.99. The lowest BCUT2D eigenvalue weighted by Crippen LogP contribution is -2.44. The van der Waals surface area contributed by atoms with Crippen LogP contribution in [0.15, 0.2) is 30.6 Å². The predicted molar refractivity (Wildman–Crippen MR) is 105 cm³/mol. The van der Waals surface area contributed by atoms with Crippen LogP contribution >= 0.6 is 0 Å². The van der Waals surface area contributed by atoms with Gasteiger partial charge < -0.3 is 9.64 Å². The van der Waals surface area contributed by atoms with E-state index in [1.165, 1.54) is 6.20 Å². The van der Waals surface area contributed by atoms with Gasteiger partial charge in [0.15, 0.2) is 12.4 Å². The van der Waals surface area contributed by atoms with Gasteiger partial charge in [0.1, 0.15) is 5.56 Å². The first-order valence-electron chi connectivity index (χ1n) is 9.81. The molecule has 150 valence electrons. The van der Waals surface area contributed by atoms with Gasteiger partial charge >= 0.3 is 5.97 Å². The van der Waals surface area contributed by atoms with Gasteiger partial charge in [-0.15, -0.1) is 0 Å². The number of esters is 1. The van der Waals surface area contributed by atoms with Crippen molar-refractivity contribution in [1.82, 2.24) is 19.7 Å². The second-order valence-corrected chi connectivity index (χ2v) is 8.02. The first-order valence-corrected chi connectivity index (χ1v) is 9.81. The van der Waals surface area contributed by atoms with Crippen molar-refractivity contribution >= 4 is 11.9 Å². The lowest BCUT2D eigenvalue weighted by Gasteiger charge is -2.34. The zero-order chi connectivity index (χ0) is 20.3. The van der Waals surface area contributed by atoms with Crippen molar-refractivity contribution < 1.29 is 14.3 Å². The molecule has 0 saturated carbocycles. The van der Waals surface area contributed by atoms with E-state index >= 15 is 0 Å². The molecular weight excluding hydrogens is 356 g/mol. The monoisotopic (exact) mass is 384 g/mol. The Labute approximate surface area is 165 Å². The SMILES string of the molecule is CC1CC(C)CN(C(=O)COC(=O)c2cnn(-c3ccccn3)c2C(C)C)C1. The molecule has 1 fully saturated rings. The van der Waals surface area contributed by atoms with Crippen LogP contribution in [-0.2, 0) is 9.53 Å². The fourth-order valence-corrected chi connectivity index (χ4v) is 3.90. The van der Waals surface area contributed by atoms with Gasteiger partial charge in [0.2, 0.25) is 0 Å². The molecule has 0 bridgehead atoms. The van der Waals surface area contributed by atoms with Gasteiger partial charge in [0.05, 0.1) is 11.9 Å². The fourth-order valence-electron chi connectivity index (χ4n) is 3.90. The number of ether oxygens (including phenoxy) is 1. The quantitative estimate of drug-likeness (QED) is 0.741. The second-order valence-electron chi connectivity index (χ2n) is 8.02. The van der Waals surface area contributed by atoms with Crippen molar-refractivity contribution in [2.75, 3.05) is 19.7 Å². The molecule has 7 heteroatoms. The van der Waals surface area contributed by atoms with E-state index in [0.29, 0.717) is 23.2 Å². The van der Waals surface area contributed by atoms with Crippen molar-refractivity contribution in [3.8, 4) is 5.82 Å². The Morgan fingerprint density at radius 2 is 1.93 bits per heavy atom. The second kappa shape index (κ2) is 8.54. The van der Waals surface area contributed by atoms with Gasteiger partial charge in [-0.05, 0) is 36.3 Å². The number of amides is 1. The standard InChI is InChI=1S/C21H28N4O3/c1-14(2)20-17(10-23-25(20)18-7-5-6-8-22-18)21(27)28-13-19(26)24-11-15(3)9-16(4)12-24/h5-8,10,14-16H,9,11-13H2,1-4H3. The van der Waals surface area contributed by atoms with Gasteiger partial charge in [0, 0.05) is 19.3 Å². The first kappa shape index (κ1) is 20.0. The van der Waals surface area contributed by atoms with Crippen molar-refractivity contribution in [2.24, 2.45) is 11.8 Å². The highest BCUT2D eigenvalue weighted by Gasteiger charge is 2.27. The van der Waals surface area contributed by atoms with E-state index in [0.717, 1.165) is 25.2 Å². The van der Waals surface area contributed by atoms with Gasteiger partial charge in [-0.25, -0.2) is 14.5 Å². The molecule has 28 heavy (non-hydrogen) atoms. The largest absolute Gasteiger partial charge is 0.452 e. The Morgan fingerprint density at radius 3 is 2.54 bits per heavy atom. The molecule has 3 heterocycles. The molecule has 1 aliphatic rings. The molecule has 2 atom stereocenters. The topological polar surface area (TPSA) is 77.3 Å². The highest BCUT2D eigenvalue weighted by atomic mass is 16.5. The number of carbonyl (C=O) groups excluding carboxylic acids is 2. The van der Waals surface area contributed by atoms with E-state index in [1.54, 1.807) is 15.8 Å². The molecule has 1 aliphatic heterocycles. The number of nitrogens with zero attached hydrogens (tertiary/aromatic N) is 4. The summed E-state index contributed by atoms with van der Waals surface area (Å²) in [5, 5.41) is 4.32. The molecular formula is C21H28N4O3. The maximum absolute atomic E-state index is 12.7. The molecule has 2 aromatic rings. The fraction of sp³-hybridized carbons (Fsp3) is 0.524. The van der Waals surface area contributed by atoms with Crippen LogP contribution < -0.4 is 0 Å². The van der Waals surface area contributed by atoms with Gasteiger partial charge in [-0.3, -0.25) is 4.79 Å². The number of hydrogen-bond acceptors (Lipinski definition) is 5. The predicted octanol–water partition coefficient (Wildman–Crippen LogP) is 3.05. The average molecular weight is 384 g/mol. The van der Waals surface area contributed by atoms with Crippen LogP contribution in [0.1, 0.15) is 56.1 Å². The van der Waals surface area contributed by atoms with Crippen LogP contribution in [0.2, 0.25) is 0 Å². The minimum Gasteiger partial charge on any atom is -0.452 e. The molecule has 1 amide bonds. The Hall–Kier alpha value is -2.70. The summed E-state index contributed by atoms with van der Waals surface area (Å²) in [6.07, 6.45) is 4.29. The lowest BCUT2D eigenvalue weighted by atomic mass is 9.92. The summed E-state index contributed by atoms with van der Waals surface area (Å²) in [5.74, 6) is 0.927. The Morgan fingerprint density at radius 1 is 1.21 bits per heavy atom. The van der Waals surface area contributed by atoms with E-state index in [1.807, 2.05) is 32.0 Å². The maximum atomic E-state index is 12.7. The molecule has 7 nitrogen and oxygen atoms in total. The van der Waals surface area contributed by atoms with Crippen molar-refractivity contribution in [1.29, 1.82) is 0 Å². The molecule has 1 saturated heterocycles. The third-order valence-corrected chi connectivity index (χ3v) is 4.99. The number of rotatable bonds is 5. The van der Waals surface area contributed by atoms with E-state index in [2.05, 4.69) is 23.9 Å².